The molecule has 0 unspecified atom stereocenters. The topological polar surface area (TPSA) is 24.9 Å². The molecule has 4 aromatic rings. The van der Waals surface area contributed by atoms with Gasteiger partial charge in [-0.05, 0) is 46.2 Å². The molecule has 0 fully saturated rings. The summed E-state index contributed by atoms with van der Waals surface area (Å²) < 4.78 is 1.23. The van der Waals surface area contributed by atoms with Gasteiger partial charge in [0.15, 0.2) is 5.13 Å². The van der Waals surface area contributed by atoms with Crippen LogP contribution in [0.15, 0.2) is 72.1 Å². The first-order valence-corrected chi connectivity index (χ1v) is 9.22. The molecule has 0 aliphatic heterocycles. The molecule has 0 saturated carbocycles. The van der Waals surface area contributed by atoms with Crippen LogP contribution in [0.25, 0.3) is 22.0 Å². The van der Waals surface area contributed by atoms with Crippen molar-refractivity contribution < 1.29 is 0 Å². The second-order valence-corrected chi connectivity index (χ2v) is 7.30. The van der Waals surface area contributed by atoms with E-state index in [-0.39, 0.29) is 0 Å². The molecular weight excluding hydrogens is 415 g/mol. The summed E-state index contributed by atoms with van der Waals surface area (Å²) in [5.74, 6) is 0. The Balaban J connectivity index is 1.66. The minimum Gasteiger partial charge on any atom is -0.331 e. The standard InChI is InChI=1S/C19H13IN2S/c20-15-10-8-14(9-11-15)18-12-23-19(22-18)21-17-7-3-5-13-4-1-2-6-16(13)17/h1-12H,(H,21,22). The van der Waals surface area contributed by atoms with Crippen molar-refractivity contribution in [2.75, 3.05) is 5.32 Å². The number of benzene rings is 3. The zero-order valence-electron chi connectivity index (χ0n) is 12.2. The number of rotatable bonds is 3. The van der Waals surface area contributed by atoms with Crippen LogP contribution < -0.4 is 5.32 Å². The monoisotopic (exact) mass is 428 g/mol. The Morgan fingerprint density at radius 3 is 2.52 bits per heavy atom. The molecule has 0 bridgehead atoms. The fourth-order valence-corrected chi connectivity index (χ4v) is 3.63. The molecule has 4 heteroatoms. The van der Waals surface area contributed by atoms with Gasteiger partial charge in [0.1, 0.15) is 0 Å². The van der Waals surface area contributed by atoms with Gasteiger partial charge in [0, 0.05) is 25.6 Å². The third-order valence-electron chi connectivity index (χ3n) is 3.68. The fourth-order valence-electron chi connectivity index (χ4n) is 2.53. The van der Waals surface area contributed by atoms with Gasteiger partial charge in [-0.1, -0.05) is 48.5 Å². The number of aromatic nitrogens is 1. The quantitative estimate of drug-likeness (QED) is 0.387. The van der Waals surface area contributed by atoms with Crippen molar-refractivity contribution in [1.29, 1.82) is 0 Å². The van der Waals surface area contributed by atoms with Crippen LogP contribution in [0.5, 0.6) is 0 Å². The highest BCUT2D eigenvalue weighted by atomic mass is 127. The average Bonchev–Trinajstić information content (AvgIpc) is 3.04. The Kier molecular flexibility index (Phi) is 4.01. The maximum atomic E-state index is 4.72. The van der Waals surface area contributed by atoms with Crippen molar-refractivity contribution in [3.63, 3.8) is 0 Å². The average molecular weight is 428 g/mol. The summed E-state index contributed by atoms with van der Waals surface area (Å²) in [5.41, 5.74) is 3.24. The molecule has 2 nitrogen and oxygen atoms in total. The Hall–Kier alpha value is -1.92. The first kappa shape index (κ1) is 14.7. The van der Waals surface area contributed by atoms with E-state index in [1.165, 1.54) is 14.3 Å². The maximum absolute atomic E-state index is 4.72. The van der Waals surface area contributed by atoms with Crippen LogP contribution in [-0.4, -0.2) is 4.98 Å². The maximum Gasteiger partial charge on any atom is 0.187 e. The molecule has 1 N–H and O–H groups in total. The van der Waals surface area contributed by atoms with Crippen LogP contribution in [0.3, 0.4) is 0 Å². The van der Waals surface area contributed by atoms with E-state index in [0.29, 0.717) is 0 Å². The zero-order chi connectivity index (χ0) is 15.6. The van der Waals surface area contributed by atoms with Gasteiger partial charge in [-0.25, -0.2) is 4.98 Å². The lowest BCUT2D eigenvalue weighted by Gasteiger charge is -2.07. The lowest BCUT2D eigenvalue weighted by atomic mass is 10.1. The first-order chi connectivity index (χ1) is 11.3. The number of anilines is 2. The van der Waals surface area contributed by atoms with E-state index in [2.05, 4.69) is 100 Å². The highest BCUT2D eigenvalue weighted by Crippen LogP contribution is 2.30. The Labute approximate surface area is 152 Å². The van der Waals surface area contributed by atoms with Crippen LogP contribution in [0.1, 0.15) is 0 Å². The number of thiazole rings is 1. The molecule has 1 aromatic heterocycles. The smallest absolute Gasteiger partial charge is 0.187 e. The Morgan fingerprint density at radius 2 is 1.65 bits per heavy atom. The van der Waals surface area contributed by atoms with Crippen molar-refractivity contribution in [3.8, 4) is 11.3 Å². The van der Waals surface area contributed by atoms with E-state index in [1.54, 1.807) is 11.3 Å². The molecule has 1 heterocycles. The molecule has 23 heavy (non-hydrogen) atoms. The van der Waals surface area contributed by atoms with Crippen molar-refractivity contribution in [1.82, 2.24) is 4.98 Å². The SMILES string of the molecule is Ic1ccc(-c2csc(Nc3cccc4ccccc34)n2)cc1. The highest BCUT2D eigenvalue weighted by Gasteiger charge is 2.06. The molecule has 0 spiro atoms. The third kappa shape index (κ3) is 3.09. The molecular formula is C19H13IN2S. The van der Waals surface area contributed by atoms with E-state index in [0.717, 1.165) is 22.1 Å². The molecule has 112 valence electrons. The van der Waals surface area contributed by atoms with Gasteiger partial charge in [-0.3, -0.25) is 0 Å². The van der Waals surface area contributed by atoms with Crippen LogP contribution >= 0.6 is 33.9 Å². The minimum atomic E-state index is 0.912. The van der Waals surface area contributed by atoms with Gasteiger partial charge in [0.2, 0.25) is 0 Å². The number of fused-ring (bicyclic) bond motifs is 1. The number of hydrogen-bond donors (Lipinski definition) is 1. The summed E-state index contributed by atoms with van der Waals surface area (Å²) >= 11 is 3.94. The van der Waals surface area contributed by atoms with Crippen molar-refractivity contribution in [2.45, 2.75) is 0 Å². The van der Waals surface area contributed by atoms with E-state index < -0.39 is 0 Å². The lowest BCUT2D eigenvalue weighted by molar-refractivity contribution is 1.38. The fraction of sp³-hybridized carbons (Fsp3) is 0. The number of hydrogen-bond acceptors (Lipinski definition) is 3. The van der Waals surface area contributed by atoms with Crippen molar-refractivity contribution in [2.24, 2.45) is 0 Å². The van der Waals surface area contributed by atoms with Crippen LogP contribution in [0.2, 0.25) is 0 Å². The summed E-state index contributed by atoms with van der Waals surface area (Å²) in [4.78, 5) is 4.72. The predicted octanol–water partition coefficient (Wildman–Crippen LogP) is 6.31. The molecule has 0 atom stereocenters. The van der Waals surface area contributed by atoms with Gasteiger partial charge < -0.3 is 5.32 Å². The summed E-state index contributed by atoms with van der Waals surface area (Å²) in [6.45, 7) is 0. The lowest BCUT2D eigenvalue weighted by Crippen LogP contribution is -1.90. The zero-order valence-corrected chi connectivity index (χ0v) is 15.1. The third-order valence-corrected chi connectivity index (χ3v) is 5.15. The molecule has 3 aromatic carbocycles. The molecule has 0 aliphatic carbocycles. The molecule has 0 amide bonds. The molecule has 4 rings (SSSR count). The summed E-state index contributed by atoms with van der Waals surface area (Å²) in [7, 11) is 0. The van der Waals surface area contributed by atoms with E-state index in [1.807, 2.05) is 0 Å². The van der Waals surface area contributed by atoms with Gasteiger partial charge in [0.25, 0.3) is 0 Å². The van der Waals surface area contributed by atoms with Gasteiger partial charge >= 0.3 is 0 Å². The van der Waals surface area contributed by atoms with Crippen molar-refractivity contribution in [3.05, 3.63) is 75.7 Å². The normalized spacial score (nSPS) is 10.8. The van der Waals surface area contributed by atoms with Crippen LogP contribution in [0, 0.1) is 3.57 Å². The number of nitrogens with zero attached hydrogens (tertiary/aromatic N) is 1. The number of halogens is 1. The first-order valence-electron chi connectivity index (χ1n) is 7.26. The van der Waals surface area contributed by atoms with Crippen molar-refractivity contribution >= 4 is 55.5 Å². The number of nitrogens with one attached hydrogen (secondary N) is 1. The second-order valence-electron chi connectivity index (χ2n) is 5.20. The predicted molar refractivity (Wildman–Crippen MR) is 107 cm³/mol. The van der Waals surface area contributed by atoms with Gasteiger partial charge in [0.05, 0.1) is 5.69 Å². The van der Waals surface area contributed by atoms with E-state index in [9.17, 15) is 0 Å². The largest absolute Gasteiger partial charge is 0.331 e. The molecule has 0 radical (unpaired) electrons. The summed E-state index contributed by atoms with van der Waals surface area (Å²) in [5, 5.41) is 8.90. The minimum absolute atomic E-state index is 0.912. The second kappa shape index (κ2) is 6.29. The summed E-state index contributed by atoms with van der Waals surface area (Å²) in [6.07, 6.45) is 0. The van der Waals surface area contributed by atoms with Gasteiger partial charge in [-0.15, -0.1) is 11.3 Å². The Morgan fingerprint density at radius 1 is 0.870 bits per heavy atom. The van der Waals surface area contributed by atoms with Crippen LogP contribution in [0.4, 0.5) is 10.8 Å². The Bertz CT molecular complexity index is 955. The highest BCUT2D eigenvalue weighted by molar-refractivity contribution is 14.1. The summed E-state index contributed by atoms with van der Waals surface area (Å²) in [6, 6.07) is 23.1. The van der Waals surface area contributed by atoms with Gasteiger partial charge in [-0.2, -0.15) is 0 Å². The molecule has 0 saturated heterocycles. The van der Waals surface area contributed by atoms with E-state index >= 15 is 0 Å². The van der Waals surface area contributed by atoms with E-state index in [4.69, 9.17) is 4.98 Å². The van der Waals surface area contributed by atoms with Crippen LogP contribution in [-0.2, 0) is 0 Å². The molecule has 0 aliphatic rings.